The monoisotopic (exact) mass is 244 g/mol. The molecule has 0 bridgehead atoms. The van der Waals surface area contributed by atoms with Gasteiger partial charge in [-0.3, -0.25) is 4.68 Å². The van der Waals surface area contributed by atoms with Crippen LogP contribution in [0.15, 0.2) is 36.7 Å². The van der Waals surface area contributed by atoms with Crippen molar-refractivity contribution in [1.29, 1.82) is 0 Å². The number of anilines is 1. The third-order valence-electron chi connectivity index (χ3n) is 2.94. The Labute approximate surface area is 108 Å². The van der Waals surface area contributed by atoms with Crippen LogP contribution in [0, 0.1) is 6.92 Å². The normalized spacial score (nSPS) is 11.1. The minimum Gasteiger partial charge on any atom is -0.396 e. The highest BCUT2D eigenvalue weighted by atomic mass is 15.3. The Hall–Kier alpha value is -1.81. The summed E-state index contributed by atoms with van der Waals surface area (Å²) >= 11 is 0. The van der Waals surface area contributed by atoms with Gasteiger partial charge in [-0.25, -0.2) is 0 Å². The summed E-state index contributed by atoms with van der Waals surface area (Å²) < 4.78 is 1.88. The summed E-state index contributed by atoms with van der Waals surface area (Å²) in [6.45, 7) is 4.88. The van der Waals surface area contributed by atoms with Gasteiger partial charge in [0.25, 0.3) is 0 Å². The Morgan fingerprint density at radius 2 is 2.00 bits per heavy atom. The number of benzene rings is 1. The molecule has 0 aliphatic rings. The second-order valence-corrected chi connectivity index (χ2v) is 4.76. The molecule has 0 saturated carbocycles. The number of aromatic nitrogens is 2. The van der Waals surface area contributed by atoms with Crippen LogP contribution in [0.3, 0.4) is 0 Å². The van der Waals surface area contributed by atoms with Crippen LogP contribution in [0.5, 0.6) is 0 Å². The Balaban J connectivity index is 1.81. The predicted octanol–water partition coefficient (Wildman–Crippen LogP) is 1.91. The molecular weight excluding hydrogens is 224 g/mol. The Bertz CT molecular complexity index is 487. The third-order valence-corrected chi connectivity index (χ3v) is 2.94. The fraction of sp³-hybridized carbons (Fsp3) is 0.357. The van der Waals surface area contributed by atoms with Crippen molar-refractivity contribution in [1.82, 2.24) is 14.7 Å². The number of aryl methyl sites for hydroxylation is 1. The highest BCUT2D eigenvalue weighted by Gasteiger charge is 2.01. The molecule has 1 aromatic carbocycles. The molecule has 1 aromatic heterocycles. The first-order chi connectivity index (χ1) is 8.63. The van der Waals surface area contributed by atoms with Crippen molar-refractivity contribution in [3.63, 3.8) is 0 Å². The Morgan fingerprint density at radius 3 is 2.61 bits per heavy atom. The molecule has 0 radical (unpaired) electrons. The van der Waals surface area contributed by atoms with Crippen LogP contribution >= 0.6 is 0 Å². The lowest BCUT2D eigenvalue weighted by atomic mass is 10.1. The molecule has 0 spiro atoms. The lowest BCUT2D eigenvalue weighted by molar-refractivity contribution is 0.305. The van der Waals surface area contributed by atoms with Gasteiger partial charge >= 0.3 is 0 Å². The average molecular weight is 244 g/mol. The third kappa shape index (κ3) is 3.60. The molecule has 4 heteroatoms. The van der Waals surface area contributed by atoms with E-state index in [4.69, 9.17) is 5.73 Å². The van der Waals surface area contributed by atoms with Crippen LogP contribution < -0.4 is 5.73 Å². The summed E-state index contributed by atoms with van der Waals surface area (Å²) in [7, 11) is 2.12. The maximum Gasteiger partial charge on any atom is 0.0719 e. The van der Waals surface area contributed by atoms with E-state index in [1.165, 1.54) is 11.1 Å². The molecule has 0 aliphatic carbocycles. The second-order valence-electron chi connectivity index (χ2n) is 4.76. The lowest BCUT2D eigenvalue weighted by Crippen LogP contribution is -2.23. The summed E-state index contributed by atoms with van der Waals surface area (Å²) in [4.78, 5) is 2.28. The minimum atomic E-state index is 0.719. The van der Waals surface area contributed by atoms with Gasteiger partial charge in [-0.1, -0.05) is 29.8 Å². The van der Waals surface area contributed by atoms with Crippen LogP contribution in [0.25, 0.3) is 0 Å². The molecule has 2 N–H and O–H groups in total. The van der Waals surface area contributed by atoms with Gasteiger partial charge in [0, 0.05) is 19.3 Å². The quantitative estimate of drug-likeness (QED) is 0.874. The van der Waals surface area contributed by atoms with Crippen LogP contribution in [-0.2, 0) is 13.1 Å². The van der Waals surface area contributed by atoms with E-state index >= 15 is 0 Å². The van der Waals surface area contributed by atoms with Gasteiger partial charge in [0.2, 0.25) is 0 Å². The number of nitrogens with zero attached hydrogens (tertiary/aromatic N) is 3. The molecule has 0 saturated heterocycles. The number of nitrogens with two attached hydrogens (primary N) is 1. The van der Waals surface area contributed by atoms with E-state index in [1.54, 1.807) is 6.20 Å². The predicted molar refractivity (Wildman–Crippen MR) is 74.2 cm³/mol. The highest BCUT2D eigenvalue weighted by Crippen LogP contribution is 2.06. The van der Waals surface area contributed by atoms with Crippen molar-refractivity contribution in [3.05, 3.63) is 47.8 Å². The number of hydrogen-bond acceptors (Lipinski definition) is 3. The first-order valence-corrected chi connectivity index (χ1v) is 6.15. The molecule has 2 rings (SSSR count). The van der Waals surface area contributed by atoms with E-state index in [0.717, 1.165) is 25.3 Å². The van der Waals surface area contributed by atoms with Crippen molar-refractivity contribution in [3.8, 4) is 0 Å². The molecule has 0 aliphatic heterocycles. The Kier molecular flexibility index (Phi) is 3.99. The first-order valence-electron chi connectivity index (χ1n) is 6.15. The van der Waals surface area contributed by atoms with E-state index in [2.05, 4.69) is 48.2 Å². The van der Waals surface area contributed by atoms with Gasteiger partial charge in [-0.15, -0.1) is 0 Å². The summed E-state index contributed by atoms with van der Waals surface area (Å²) in [6, 6.07) is 8.66. The van der Waals surface area contributed by atoms with Crippen molar-refractivity contribution in [2.24, 2.45) is 0 Å². The zero-order valence-electron chi connectivity index (χ0n) is 11.0. The standard InChI is InChI=1S/C14H20N4/c1-12-3-5-13(6-4-12)10-17(2)7-8-18-11-14(15)9-16-18/h3-6,9,11H,7-8,10,15H2,1-2H3. The van der Waals surface area contributed by atoms with E-state index in [0.29, 0.717) is 0 Å². The van der Waals surface area contributed by atoms with E-state index in [-0.39, 0.29) is 0 Å². The molecule has 0 atom stereocenters. The van der Waals surface area contributed by atoms with Crippen molar-refractivity contribution < 1.29 is 0 Å². The van der Waals surface area contributed by atoms with Crippen LogP contribution in [0.1, 0.15) is 11.1 Å². The summed E-state index contributed by atoms with van der Waals surface area (Å²) in [5.74, 6) is 0. The van der Waals surface area contributed by atoms with Gasteiger partial charge in [-0.05, 0) is 19.5 Å². The summed E-state index contributed by atoms with van der Waals surface area (Å²) in [5, 5.41) is 4.17. The molecule has 2 aromatic rings. The van der Waals surface area contributed by atoms with E-state index in [1.807, 2.05) is 10.9 Å². The second kappa shape index (κ2) is 5.69. The van der Waals surface area contributed by atoms with Gasteiger partial charge in [0.1, 0.15) is 0 Å². The largest absolute Gasteiger partial charge is 0.396 e. The highest BCUT2D eigenvalue weighted by molar-refractivity contribution is 5.30. The lowest BCUT2D eigenvalue weighted by Gasteiger charge is -2.16. The van der Waals surface area contributed by atoms with E-state index < -0.39 is 0 Å². The molecule has 0 amide bonds. The zero-order valence-corrected chi connectivity index (χ0v) is 11.0. The Morgan fingerprint density at radius 1 is 1.28 bits per heavy atom. The van der Waals surface area contributed by atoms with Gasteiger partial charge < -0.3 is 10.6 Å². The van der Waals surface area contributed by atoms with Gasteiger partial charge in [0.15, 0.2) is 0 Å². The maximum atomic E-state index is 5.63. The van der Waals surface area contributed by atoms with Crippen LogP contribution in [0.4, 0.5) is 5.69 Å². The van der Waals surface area contributed by atoms with Crippen molar-refractivity contribution in [2.45, 2.75) is 20.0 Å². The van der Waals surface area contributed by atoms with Crippen molar-refractivity contribution >= 4 is 5.69 Å². The zero-order chi connectivity index (χ0) is 13.0. The summed E-state index contributed by atoms with van der Waals surface area (Å²) in [6.07, 6.45) is 3.54. The van der Waals surface area contributed by atoms with Gasteiger partial charge in [-0.2, -0.15) is 5.10 Å². The number of nitrogen functional groups attached to an aromatic ring is 1. The molecule has 96 valence electrons. The molecule has 4 nitrogen and oxygen atoms in total. The molecular formula is C14H20N4. The first kappa shape index (κ1) is 12.6. The molecule has 0 fully saturated rings. The fourth-order valence-electron chi connectivity index (χ4n) is 1.86. The van der Waals surface area contributed by atoms with Crippen LogP contribution in [0.2, 0.25) is 0 Å². The van der Waals surface area contributed by atoms with E-state index in [9.17, 15) is 0 Å². The topological polar surface area (TPSA) is 47.1 Å². The number of hydrogen-bond donors (Lipinski definition) is 1. The SMILES string of the molecule is Cc1ccc(CN(C)CCn2cc(N)cn2)cc1. The number of likely N-dealkylation sites (N-methyl/N-ethyl adjacent to an activating group) is 1. The smallest absolute Gasteiger partial charge is 0.0719 e. The molecule has 18 heavy (non-hydrogen) atoms. The van der Waals surface area contributed by atoms with Crippen LogP contribution in [-0.4, -0.2) is 28.3 Å². The fourth-order valence-corrected chi connectivity index (χ4v) is 1.86. The average Bonchev–Trinajstić information content (AvgIpc) is 2.76. The number of rotatable bonds is 5. The van der Waals surface area contributed by atoms with Crippen molar-refractivity contribution in [2.75, 3.05) is 19.3 Å². The summed E-state index contributed by atoms with van der Waals surface area (Å²) in [5.41, 5.74) is 8.98. The minimum absolute atomic E-state index is 0.719. The molecule has 1 heterocycles. The molecule has 0 unspecified atom stereocenters. The van der Waals surface area contributed by atoms with Gasteiger partial charge in [0.05, 0.1) is 18.4 Å². The maximum absolute atomic E-state index is 5.63.